The Hall–Kier alpha value is -1.59. The van der Waals surface area contributed by atoms with E-state index >= 15 is 0 Å². The maximum Gasteiger partial charge on any atom is 0.306 e. The van der Waals surface area contributed by atoms with Gasteiger partial charge < -0.3 is 15.7 Å². The lowest BCUT2D eigenvalue weighted by molar-refractivity contribution is -0.141. The molecule has 6 heteroatoms. The zero-order chi connectivity index (χ0) is 14.4. The third-order valence-electron chi connectivity index (χ3n) is 3.45. The fourth-order valence-corrected chi connectivity index (χ4v) is 2.24. The van der Waals surface area contributed by atoms with Crippen LogP contribution in [0.3, 0.4) is 0 Å². The SMILES string of the molecule is CCCNC(=O)C(C)NC(=O)[C@@H]1CC[C@H](C(=O)O)C1. The number of rotatable bonds is 6. The first kappa shape index (κ1) is 15.5. The van der Waals surface area contributed by atoms with E-state index in [-0.39, 0.29) is 17.7 Å². The van der Waals surface area contributed by atoms with Crippen LogP contribution in [0.15, 0.2) is 0 Å². The van der Waals surface area contributed by atoms with Crippen LogP contribution in [0.4, 0.5) is 0 Å². The molecule has 1 unspecified atom stereocenters. The minimum atomic E-state index is -0.843. The number of carboxylic acids is 1. The molecule has 2 amide bonds. The van der Waals surface area contributed by atoms with Crippen molar-refractivity contribution in [2.45, 2.75) is 45.6 Å². The van der Waals surface area contributed by atoms with Crippen molar-refractivity contribution in [1.29, 1.82) is 0 Å². The molecule has 0 aromatic rings. The van der Waals surface area contributed by atoms with E-state index in [0.717, 1.165) is 6.42 Å². The van der Waals surface area contributed by atoms with Gasteiger partial charge in [-0.15, -0.1) is 0 Å². The monoisotopic (exact) mass is 270 g/mol. The van der Waals surface area contributed by atoms with Crippen molar-refractivity contribution in [1.82, 2.24) is 10.6 Å². The highest BCUT2D eigenvalue weighted by atomic mass is 16.4. The van der Waals surface area contributed by atoms with Crippen molar-refractivity contribution in [3.05, 3.63) is 0 Å². The molecule has 1 rings (SSSR count). The second-order valence-electron chi connectivity index (χ2n) is 5.07. The topological polar surface area (TPSA) is 95.5 Å². The number of carboxylic acid groups (broad SMARTS) is 1. The summed E-state index contributed by atoms with van der Waals surface area (Å²) < 4.78 is 0. The summed E-state index contributed by atoms with van der Waals surface area (Å²) in [6.07, 6.45) is 2.32. The molecule has 0 saturated heterocycles. The average Bonchev–Trinajstić information content (AvgIpc) is 2.85. The fraction of sp³-hybridized carbons (Fsp3) is 0.769. The van der Waals surface area contributed by atoms with E-state index < -0.39 is 17.9 Å². The largest absolute Gasteiger partial charge is 0.481 e. The molecule has 6 nitrogen and oxygen atoms in total. The summed E-state index contributed by atoms with van der Waals surface area (Å²) in [6.45, 7) is 4.17. The molecule has 0 aromatic heterocycles. The van der Waals surface area contributed by atoms with E-state index in [0.29, 0.717) is 25.8 Å². The van der Waals surface area contributed by atoms with E-state index in [2.05, 4.69) is 10.6 Å². The first-order valence-electron chi connectivity index (χ1n) is 6.76. The van der Waals surface area contributed by atoms with Crippen LogP contribution in [0.25, 0.3) is 0 Å². The molecule has 3 atom stereocenters. The Bertz CT molecular complexity index is 357. The second kappa shape index (κ2) is 7.11. The van der Waals surface area contributed by atoms with Gasteiger partial charge in [0.2, 0.25) is 11.8 Å². The molecule has 1 aliphatic rings. The Balaban J connectivity index is 2.39. The van der Waals surface area contributed by atoms with Crippen LogP contribution in [-0.2, 0) is 14.4 Å². The van der Waals surface area contributed by atoms with E-state index in [1.807, 2.05) is 6.92 Å². The van der Waals surface area contributed by atoms with Gasteiger partial charge in [0.05, 0.1) is 5.92 Å². The van der Waals surface area contributed by atoms with Gasteiger partial charge >= 0.3 is 5.97 Å². The van der Waals surface area contributed by atoms with Gasteiger partial charge in [-0.05, 0) is 32.6 Å². The molecule has 0 bridgehead atoms. The fourth-order valence-electron chi connectivity index (χ4n) is 2.24. The molecule has 0 heterocycles. The number of amides is 2. The number of carbonyl (C=O) groups excluding carboxylic acids is 2. The van der Waals surface area contributed by atoms with E-state index in [9.17, 15) is 14.4 Å². The van der Waals surface area contributed by atoms with E-state index in [4.69, 9.17) is 5.11 Å². The lowest BCUT2D eigenvalue weighted by atomic mass is 10.0. The summed E-state index contributed by atoms with van der Waals surface area (Å²) in [4.78, 5) is 34.3. The predicted molar refractivity (Wildman–Crippen MR) is 69.4 cm³/mol. The van der Waals surface area contributed by atoms with Gasteiger partial charge in [0.25, 0.3) is 0 Å². The van der Waals surface area contributed by atoms with Crippen LogP contribution >= 0.6 is 0 Å². The minimum absolute atomic E-state index is 0.206. The van der Waals surface area contributed by atoms with Crippen molar-refractivity contribution in [2.75, 3.05) is 6.54 Å². The van der Waals surface area contributed by atoms with Crippen LogP contribution < -0.4 is 10.6 Å². The molecular weight excluding hydrogens is 248 g/mol. The van der Waals surface area contributed by atoms with Crippen LogP contribution in [0.5, 0.6) is 0 Å². The van der Waals surface area contributed by atoms with Crippen molar-refractivity contribution in [3.8, 4) is 0 Å². The van der Waals surface area contributed by atoms with Crippen LogP contribution in [0.2, 0.25) is 0 Å². The Morgan fingerprint density at radius 2 is 1.89 bits per heavy atom. The third-order valence-corrected chi connectivity index (χ3v) is 3.45. The molecule has 19 heavy (non-hydrogen) atoms. The number of aliphatic carboxylic acids is 1. The maximum atomic E-state index is 11.9. The Morgan fingerprint density at radius 1 is 1.26 bits per heavy atom. The number of nitrogens with one attached hydrogen (secondary N) is 2. The highest BCUT2D eigenvalue weighted by Crippen LogP contribution is 2.31. The Morgan fingerprint density at radius 3 is 2.42 bits per heavy atom. The minimum Gasteiger partial charge on any atom is -0.481 e. The normalized spacial score (nSPS) is 23.7. The summed E-state index contributed by atoms with van der Waals surface area (Å²) in [5.74, 6) is -1.99. The highest BCUT2D eigenvalue weighted by molar-refractivity contribution is 5.88. The maximum absolute atomic E-state index is 11.9. The summed E-state index contributed by atoms with van der Waals surface area (Å²) in [7, 11) is 0. The first-order chi connectivity index (χ1) is 8.95. The van der Waals surface area contributed by atoms with Gasteiger partial charge in [-0.3, -0.25) is 14.4 Å². The molecule has 0 radical (unpaired) electrons. The molecule has 108 valence electrons. The Labute approximate surface area is 112 Å². The molecule has 1 saturated carbocycles. The van der Waals surface area contributed by atoms with E-state index in [1.54, 1.807) is 6.92 Å². The summed E-state index contributed by atoms with van der Waals surface area (Å²) in [5.41, 5.74) is 0. The van der Waals surface area contributed by atoms with Gasteiger partial charge in [-0.25, -0.2) is 0 Å². The number of hydrogen-bond acceptors (Lipinski definition) is 3. The van der Waals surface area contributed by atoms with Crippen LogP contribution in [-0.4, -0.2) is 35.5 Å². The summed E-state index contributed by atoms with van der Waals surface area (Å²) in [5, 5.41) is 14.2. The van der Waals surface area contributed by atoms with Gasteiger partial charge in [-0.2, -0.15) is 0 Å². The third kappa shape index (κ3) is 4.54. The standard InChI is InChI=1S/C13H22N2O4/c1-3-6-14-11(16)8(2)15-12(17)9-4-5-10(7-9)13(18)19/h8-10H,3-7H2,1-2H3,(H,14,16)(H,15,17)(H,18,19)/t8?,9-,10+/m1/s1. The van der Waals surface area contributed by atoms with Gasteiger partial charge in [0.1, 0.15) is 6.04 Å². The van der Waals surface area contributed by atoms with Crippen LogP contribution in [0.1, 0.15) is 39.5 Å². The van der Waals surface area contributed by atoms with Gasteiger partial charge in [-0.1, -0.05) is 6.92 Å². The van der Waals surface area contributed by atoms with Crippen molar-refractivity contribution in [3.63, 3.8) is 0 Å². The molecular formula is C13H22N2O4. The number of hydrogen-bond donors (Lipinski definition) is 3. The van der Waals surface area contributed by atoms with Crippen molar-refractivity contribution >= 4 is 17.8 Å². The molecule has 1 fully saturated rings. The molecule has 1 aliphatic carbocycles. The molecule has 0 spiro atoms. The van der Waals surface area contributed by atoms with E-state index in [1.165, 1.54) is 0 Å². The first-order valence-corrected chi connectivity index (χ1v) is 6.76. The van der Waals surface area contributed by atoms with Gasteiger partial charge in [0, 0.05) is 12.5 Å². The molecule has 3 N–H and O–H groups in total. The van der Waals surface area contributed by atoms with Crippen molar-refractivity contribution < 1.29 is 19.5 Å². The summed E-state index contributed by atoms with van der Waals surface area (Å²) >= 11 is 0. The average molecular weight is 270 g/mol. The zero-order valence-electron chi connectivity index (χ0n) is 11.4. The zero-order valence-corrected chi connectivity index (χ0v) is 11.4. The molecule has 0 aliphatic heterocycles. The van der Waals surface area contributed by atoms with Crippen LogP contribution in [0, 0.1) is 11.8 Å². The smallest absolute Gasteiger partial charge is 0.306 e. The molecule has 0 aromatic carbocycles. The summed E-state index contributed by atoms with van der Waals surface area (Å²) in [6, 6.07) is -0.581. The lowest BCUT2D eigenvalue weighted by Crippen LogP contribution is -2.46. The highest BCUT2D eigenvalue weighted by Gasteiger charge is 2.34. The Kier molecular flexibility index (Phi) is 5.79. The lowest BCUT2D eigenvalue weighted by Gasteiger charge is -2.16. The quantitative estimate of drug-likeness (QED) is 0.655. The number of carbonyl (C=O) groups is 3. The predicted octanol–water partition coefficient (Wildman–Crippen LogP) is 0.518. The second-order valence-corrected chi connectivity index (χ2v) is 5.07. The van der Waals surface area contributed by atoms with Gasteiger partial charge in [0.15, 0.2) is 0 Å². The van der Waals surface area contributed by atoms with Crippen molar-refractivity contribution in [2.24, 2.45) is 11.8 Å².